The first-order valence-electron chi connectivity index (χ1n) is 7.27. The molecule has 0 spiro atoms. The highest BCUT2D eigenvalue weighted by Gasteiger charge is 2.29. The second-order valence-electron chi connectivity index (χ2n) is 5.27. The predicted octanol–water partition coefficient (Wildman–Crippen LogP) is 2.41. The van der Waals surface area contributed by atoms with Crippen LogP contribution in [0.25, 0.3) is 0 Å². The number of nitro groups is 1. The summed E-state index contributed by atoms with van der Waals surface area (Å²) in [5.41, 5.74) is 0.127. The van der Waals surface area contributed by atoms with Crippen molar-refractivity contribution < 1.29 is 27.3 Å². The Labute approximate surface area is 149 Å². The number of rotatable bonds is 6. The minimum Gasteiger partial charge on any atom is -0.468 e. The zero-order valence-corrected chi connectivity index (χ0v) is 14.7. The molecule has 0 aromatic heterocycles. The maximum atomic E-state index is 13.1. The highest BCUT2D eigenvalue weighted by atomic mass is 32.2. The van der Waals surface area contributed by atoms with Crippen LogP contribution in [0.5, 0.6) is 0 Å². The van der Waals surface area contributed by atoms with E-state index in [0.717, 1.165) is 41.7 Å². The van der Waals surface area contributed by atoms with Crippen LogP contribution in [0.1, 0.15) is 5.56 Å². The van der Waals surface area contributed by atoms with E-state index in [2.05, 4.69) is 4.74 Å². The third kappa shape index (κ3) is 3.97. The standard InChI is InChI=1S/C16H15FN2O6S/c1-11-9-13(19(21)22)5-8-15(11)18(10-16(20)25-2)26(23,24)14-6-3-12(17)4-7-14/h3-9H,10H2,1-2H3. The third-order valence-electron chi connectivity index (χ3n) is 3.56. The van der Waals surface area contributed by atoms with Gasteiger partial charge in [0, 0.05) is 12.1 Å². The number of anilines is 1. The van der Waals surface area contributed by atoms with Crippen LogP contribution < -0.4 is 4.31 Å². The predicted molar refractivity (Wildman–Crippen MR) is 90.8 cm³/mol. The zero-order valence-electron chi connectivity index (χ0n) is 13.9. The maximum absolute atomic E-state index is 13.1. The van der Waals surface area contributed by atoms with Crippen LogP contribution in [0.4, 0.5) is 15.8 Å². The molecule has 0 unspecified atom stereocenters. The van der Waals surface area contributed by atoms with Crippen molar-refractivity contribution in [2.45, 2.75) is 11.8 Å². The number of methoxy groups -OCH3 is 1. The monoisotopic (exact) mass is 382 g/mol. The third-order valence-corrected chi connectivity index (χ3v) is 5.34. The van der Waals surface area contributed by atoms with Gasteiger partial charge in [0.1, 0.15) is 12.4 Å². The lowest BCUT2D eigenvalue weighted by Crippen LogP contribution is -2.36. The Morgan fingerprint density at radius 2 is 1.85 bits per heavy atom. The summed E-state index contributed by atoms with van der Waals surface area (Å²) >= 11 is 0. The second-order valence-corrected chi connectivity index (χ2v) is 7.13. The Kier molecular flexibility index (Phi) is 5.56. The zero-order chi connectivity index (χ0) is 19.5. The second kappa shape index (κ2) is 7.48. The van der Waals surface area contributed by atoms with Crippen LogP contribution >= 0.6 is 0 Å². The summed E-state index contributed by atoms with van der Waals surface area (Å²) in [5.74, 6) is -1.44. The van der Waals surface area contributed by atoms with Gasteiger partial charge < -0.3 is 4.74 Å². The molecule has 0 N–H and O–H groups in total. The van der Waals surface area contributed by atoms with Gasteiger partial charge in [-0.1, -0.05) is 0 Å². The van der Waals surface area contributed by atoms with Gasteiger partial charge in [-0.25, -0.2) is 12.8 Å². The van der Waals surface area contributed by atoms with Gasteiger partial charge in [0.2, 0.25) is 0 Å². The van der Waals surface area contributed by atoms with E-state index in [1.54, 1.807) is 0 Å². The van der Waals surface area contributed by atoms with Crippen molar-refractivity contribution in [3.05, 3.63) is 64.0 Å². The molecule has 26 heavy (non-hydrogen) atoms. The number of nitrogens with zero attached hydrogens (tertiary/aromatic N) is 2. The molecule has 0 heterocycles. The molecule has 0 saturated carbocycles. The van der Waals surface area contributed by atoms with Gasteiger partial charge in [-0.2, -0.15) is 0 Å². The van der Waals surface area contributed by atoms with E-state index in [1.165, 1.54) is 19.1 Å². The summed E-state index contributed by atoms with van der Waals surface area (Å²) in [7, 11) is -3.13. The van der Waals surface area contributed by atoms with Crippen molar-refractivity contribution in [1.29, 1.82) is 0 Å². The van der Waals surface area contributed by atoms with Crippen molar-refractivity contribution in [1.82, 2.24) is 0 Å². The lowest BCUT2D eigenvalue weighted by atomic mass is 10.2. The fraction of sp³-hybridized carbons (Fsp3) is 0.188. The molecular weight excluding hydrogens is 367 g/mol. The van der Waals surface area contributed by atoms with Crippen molar-refractivity contribution in [2.24, 2.45) is 0 Å². The number of carbonyl (C=O) groups is 1. The number of non-ortho nitro benzene ring substituents is 1. The molecule has 2 aromatic carbocycles. The minimum atomic E-state index is -4.24. The van der Waals surface area contributed by atoms with Crippen molar-refractivity contribution in [2.75, 3.05) is 18.0 Å². The molecular formula is C16H15FN2O6S. The van der Waals surface area contributed by atoms with E-state index < -0.39 is 33.3 Å². The lowest BCUT2D eigenvalue weighted by molar-refractivity contribution is -0.384. The number of esters is 1. The molecule has 0 aliphatic heterocycles. The number of ether oxygens (including phenoxy) is 1. The average molecular weight is 382 g/mol. The van der Waals surface area contributed by atoms with E-state index in [9.17, 15) is 27.7 Å². The number of hydrogen-bond donors (Lipinski definition) is 0. The summed E-state index contributed by atoms with van der Waals surface area (Å²) in [4.78, 5) is 21.7. The van der Waals surface area contributed by atoms with Crippen molar-refractivity contribution in [3.63, 3.8) is 0 Å². The Bertz CT molecular complexity index is 944. The molecule has 0 atom stereocenters. The van der Waals surface area contributed by atoms with Gasteiger partial charge in [-0.05, 0) is 42.8 Å². The summed E-state index contributed by atoms with van der Waals surface area (Å²) < 4.78 is 44.3. The number of nitro benzene ring substituents is 1. The van der Waals surface area contributed by atoms with Crippen LogP contribution in [0.2, 0.25) is 0 Å². The van der Waals surface area contributed by atoms with Crippen molar-refractivity contribution in [3.8, 4) is 0 Å². The lowest BCUT2D eigenvalue weighted by Gasteiger charge is -2.24. The molecule has 0 fully saturated rings. The molecule has 0 amide bonds. The fourth-order valence-corrected chi connectivity index (χ4v) is 3.72. The summed E-state index contributed by atoms with van der Waals surface area (Å²) in [6, 6.07) is 7.65. The molecule has 8 nitrogen and oxygen atoms in total. The van der Waals surface area contributed by atoms with Crippen LogP contribution in [0.15, 0.2) is 47.4 Å². The molecule has 0 radical (unpaired) electrons. The van der Waals surface area contributed by atoms with E-state index in [1.807, 2.05) is 0 Å². The van der Waals surface area contributed by atoms with Gasteiger partial charge >= 0.3 is 5.97 Å². The molecule has 0 bridgehead atoms. The molecule has 10 heteroatoms. The fourth-order valence-electron chi connectivity index (χ4n) is 2.25. The van der Waals surface area contributed by atoms with Crippen LogP contribution in [0.3, 0.4) is 0 Å². The van der Waals surface area contributed by atoms with Gasteiger partial charge in [0.25, 0.3) is 15.7 Å². The highest BCUT2D eigenvalue weighted by Crippen LogP contribution is 2.29. The highest BCUT2D eigenvalue weighted by molar-refractivity contribution is 7.92. The number of aryl methyl sites for hydroxylation is 1. The smallest absolute Gasteiger partial charge is 0.326 e. The number of hydrogen-bond acceptors (Lipinski definition) is 6. The molecule has 2 aromatic rings. The molecule has 0 aliphatic carbocycles. The Balaban J connectivity index is 2.58. The summed E-state index contributed by atoms with van der Waals surface area (Å²) in [6.45, 7) is 0.835. The van der Waals surface area contributed by atoms with Gasteiger partial charge in [-0.15, -0.1) is 0 Å². The number of halogens is 1. The first-order valence-corrected chi connectivity index (χ1v) is 8.71. The Morgan fingerprint density at radius 3 is 2.35 bits per heavy atom. The normalized spacial score (nSPS) is 11.0. The quantitative estimate of drug-likeness (QED) is 0.431. The van der Waals surface area contributed by atoms with E-state index in [0.29, 0.717) is 0 Å². The summed E-state index contributed by atoms with van der Waals surface area (Å²) in [6.07, 6.45) is 0. The Morgan fingerprint density at radius 1 is 1.23 bits per heavy atom. The average Bonchev–Trinajstić information content (AvgIpc) is 2.59. The number of sulfonamides is 1. The van der Waals surface area contributed by atoms with Gasteiger partial charge in [0.05, 0.1) is 22.6 Å². The molecule has 138 valence electrons. The molecule has 2 rings (SSSR count). The van der Waals surface area contributed by atoms with E-state index in [4.69, 9.17) is 0 Å². The number of carbonyl (C=O) groups excluding carboxylic acids is 1. The SMILES string of the molecule is COC(=O)CN(c1ccc([N+](=O)[O-])cc1C)S(=O)(=O)c1ccc(F)cc1. The molecule has 0 saturated heterocycles. The minimum absolute atomic E-state index is 0.0744. The first kappa shape index (κ1) is 19.3. The van der Waals surface area contributed by atoms with Crippen LogP contribution in [0, 0.1) is 22.9 Å². The van der Waals surface area contributed by atoms with E-state index >= 15 is 0 Å². The van der Waals surface area contributed by atoms with Crippen LogP contribution in [-0.2, 0) is 19.6 Å². The maximum Gasteiger partial charge on any atom is 0.326 e. The number of benzene rings is 2. The van der Waals surface area contributed by atoms with Gasteiger partial charge in [-0.3, -0.25) is 19.2 Å². The molecule has 0 aliphatic rings. The topological polar surface area (TPSA) is 107 Å². The first-order chi connectivity index (χ1) is 12.2. The van der Waals surface area contributed by atoms with E-state index in [-0.39, 0.29) is 21.8 Å². The largest absolute Gasteiger partial charge is 0.468 e. The van der Waals surface area contributed by atoms with Crippen molar-refractivity contribution >= 4 is 27.4 Å². The summed E-state index contributed by atoms with van der Waals surface area (Å²) in [5, 5.41) is 10.9. The van der Waals surface area contributed by atoms with Gasteiger partial charge in [0.15, 0.2) is 0 Å². The van der Waals surface area contributed by atoms with Crippen LogP contribution in [-0.4, -0.2) is 33.0 Å². The Hall–Kier alpha value is -3.01.